The molecule has 3 rings (SSSR count). The number of benzene rings is 1. The van der Waals surface area contributed by atoms with Crippen molar-refractivity contribution >= 4 is 17.3 Å². The molecule has 2 aromatic heterocycles. The van der Waals surface area contributed by atoms with Crippen LogP contribution in [0, 0.1) is 17.0 Å². The fraction of sp³-hybridized carbons (Fsp3) is 0.0667. The van der Waals surface area contributed by atoms with Crippen LogP contribution in [-0.4, -0.2) is 30.6 Å². The highest BCUT2D eigenvalue weighted by molar-refractivity contribution is 6.04. The van der Waals surface area contributed by atoms with Crippen LogP contribution in [0.2, 0.25) is 0 Å². The number of hydrogen-bond acceptors (Lipinski definition) is 6. The number of pyridine rings is 1. The van der Waals surface area contributed by atoms with Gasteiger partial charge >= 0.3 is 0 Å². The molecule has 0 unspecified atom stereocenters. The van der Waals surface area contributed by atoms with Gasteiger partial charge in [0.2, 0.25) is 0 Å². The van der Waals surface area contributed by atoms with Gasteiger partial charge in [0.25, 0.3) is 11.6 Å². The molecule has 1 amide bonds. The van der Waals surface area contributed by atoms with Gasteiger partial charge in [-0.3, -0.25) is 14.9 Å². The molecule has 0 aliphatic heterocycles. The van der Waals surface area contributed by atoms with E-state index in [9.17, 15) is 14.9 Å². The third-order valence-electron chi connectivity index (χ3n) is 3.31. The van der Waals surface area contributed by atoms with Crippen molar-refractivity contribution in [2.45, 2.75) is 6.92 Å². The van der Waals surface area contributed by atoms with Gasteiger partial charge in [-0.25, -0.2) is 14.6 Å². The summed E-state index contributed by atoms with van der Waals surface area (Å²) in [5.74, 6) is 0.194. The quantitative estimate of drug-likeness (QED) is 0.580. The molecule has 0 saturated heterocycles. The molecule has 0 fully saturated rings. The Morgan fingerprint density at radius 2 is 2.12 bits per heavy atom. The maximum atomic E-state index is 12.2. The number of carbonyl (C=O) groups excluding carboxylic acids is 1. The highest BCUT2D eigenvalue weighted by Gasteiger charge is 2.14. The summed E-state index contributed by atoms with van der Waals surface area (Å²) in [5.41, 5.74) is 1.23. The Labute approximate surface area is 136 Å². The van der Waals surface area contributed by atoms with Crippen molar-refractivity contribution in [2.75, 3.05) is 5.32 Å². The van der Waals surface area contributed by atoms with Crippen molar-refractivity contribution in [3.8, 4) is 5.82 Å². The van der Waals surface area contributed by atoms with Gasteiger partial charge in [-0.05, 0) is 31.2 Å². The standard InChI is InChI=1S/C15H12N6O3/c1-10-6-11(2-4-13(10)21(23)24)15(22)19-12-3-5-14(17-7-12)20-9-16-8-18-20/h2-9H,1H3,(H,19,22). The molecule has 3 aromatic rings. The molecule has 0 spiro atoms. The molecule has 0 radical (unpaired) electrons. The predicted octanol–water partition coefficient (Wildman–Crippen LogP) is 2.13. The number of anilines is 1. The van der Waals surface area contributed by atoms with Crippen LogP contribution in [0.25, 0.3) is 5.82 Å². The number of nitrogens with one attached hydrogen (secondary N) is 1. The Balaban J connectivity index is 1.75. The van der Waals surface area contributed by atoms with E-state index in [4.69, 9.17) is 0 Å². The third-order valence-corrected chi connectivity index (χ3v) is 3.31. The number of nitrogens with zero attached hydrogens (tertiary/aromatic N) is 5. The van der Waals surface area contributed by atoms with E-state index >= 15 is 0 Å². The van der Waals surface area contributed by atoms with Gasteiger partial charge in [0, 0.05) is 17.2 Å². The van der Waals surface area contributed by atoms with Crippen molar-refractivity contribution in [3.05, 3.63) is 70.4 Å². The highest BCUT2D eigenvalue weighted by atomic mass is 16.6. The summed E-state index contributed by atoms with van der Waals surface area (Å²) in [5, 5.41) is 17.5. The fourth-order valence-electron chi connectivity index (χ4n) is 2.13. The molecule has 1 N–H and O–H groups in total. The van der Waals surface area contributed by atoms with E-state index in [1.54, 1.807) is 19.1 Å². The van der Waals surface area contributed by atoms with Crippen molar-refractivity contribution in [3.63, 3.8) is 0 Å². The smallest absolute Gasteiger partial charge is 0.272 e. The van der Waals surface area contributed by atoms with Gasteiger partial charge in [-0.2, -0.15) is 5.10 Å². The monoisotopic (exact) mass is 324 g/mol. The Bertz CT molecular complexity index is 890. The van der Waals surface area contributed by atoms with Crippen LogP contribution in [-0.2, 0) is 0 Å². The Hall–Kier alpha value is -3.62. The first kappa shape index (κ1) is 15.3. The SMILES string of the molecule is Cc1cc(C(=O)Nc2ccc(-n3cncn3)nc2)ccc1[N+](=O)[O-]. The van der Waals surface area contributed by atoms with E-state index in [-0.39, 0.29) is 11.6 Å². The van der Waals surface area contributed by atoms with Crippen molar-refractivity contribution in [2.24, 2.45) is 0 Å². The molecule has 0 aliphatic carbocycles. The lowest BCUT2D eigenvalue weighted by Crippen LogP contribution is -2.12. The number of carbonyl (C=O) groups is 1. The van der Waals surface area contributed by atoms with E-state index < -0.39 is 4.92 Å². The summed E-state index contributed by atoms with van der Waals surface area (Å²) in [7, 11) is 0. The highest BCUT2D eigenvalue weighted by Crippen LogP contribution is 2.19. The van der Waals surface area contributed by atoms with Crippen molar-refractivity contribution in [1.82, 2.24) is 19.7 Å². The number of nitro groups is 1. The lowest BCUT2D eigenvalue weighted by molar-refractivity contribution is -0.385. The van der Waals surface area contributed by atoms with Gasteiger partial charge in [0.1, 0.15) is 12.7 Å². The molecule has 120 valence electrons. The summed E-state index contributed by atoms with van der Waals surface area (Å²) in [6.45, 7) is 1.59. The molecule has 0 aliphatic rings. The van der Waals surface area contributed by atoms with E-state index in [0.717, 1.165) is 0 Å². The average molecular weight is 324 g/mol. The van der Waals surface area contributed by atoms with Gasteiger partial charge < -0.3 is 5.32 Å². The van der Waals surface area contributed by atoms with E-state index in [1.165, 1.54) is 41.7 Å². The lowest BCUT2D eigenvalue weighted by Gasteiger charge is -2.07. The molecular formula is C15H12N6O3. The first-order chi connectivity index (χ1) is 11.5. The van der Waals surface area contributed by atoms with Crippen LogP contribution in [0.3, 0.4) is 0 Å². The number of nitro benzene ring substituents is 1. The second-order valence-corrected chi connectivity index (χ2v) is 4.96. The van der Waals surface area contributed by atoms with Crippen LogP contribution in [0.1, 0.15) is 15.9 Å². The minimum atomic E-state index is -0.482. The van der Waals surface area contributed by atoms with Crippen LogP contribution >= 0.6 is 0 Å². The Morgan fingerprint density at radius 3 is 2.71 bits per heavy atom. The first-order valence-corrected chi connectivity index (χ1v) is 6.92. The minimum Gasteiger partial charge on any atom is -0.321 e. The molecule has 0 saturated carbocycles. The van der Waals surface area contributed by atoms with Crippen LogP contribution in [0.15, 0.2) is 49.2 Å². The van der Waals surface area contributed by atoms with Gasteiger partial charge in [0.15, 0.2) is 5.82 Å². The first-order valence-electron chi connectivity index (χ1n) is 6.92. The molecule has 0 atom stereocenters. The minimum absolute atomic E-state index is 0.0228. The van der Waals surface area contributed by atoms with Gasteiger partial charge in [-0.15, -0.1) is 0 Å². The number of aryl methyl sites for hydroxylation is 1. The maximum absolute atomic E-state index is 12.2. The summed E-state index contributed by atoms with van der Waals surface area (Å²) in [6.07, 6.45) is 4.40. The van der Waals surface area contributed by atoms with E-state index in [2.05, 4.69) is 20.4 Å². The number of rotatable bonds is 4. The fourth-order valence-corrected chi connectivity index (χ4v) is 2.13. The molecule has 9 nitrogen and oxygen atoms in total. The average Bonchev–Trinajstić information content (AvgIpc) is 3.09. The van der Waals surface area contributed by atoms with Crippen LogP contribution < -0.4 is 5.32 Å². The zero-order valence-electron chi connectivity index (χ0n) is 12.6. The van der Waals surface area contributed by atoms with E-state index in [1.807, 2.05) is 0 Å². The zero-order valence-corrected chi connectivity index (χ0v) is 12.6. The molecule has 24 heavy (non-hydrogen) atoms. The van der Waals surface area contributed by atoms with Gasteiger partial charge in [-0.1, -0.05) is 0 Å². The molecular weight excluding hydrogens is 312 g/mol. The summed E-state index contributed by atoms with van der Waals surface area (Å²) in [6, 6.07) is 7.57. The lowest BCUT2D eigenvalue weighted by atomic mass is 10.1. The Morgan fingerprint density at radius 1 is 1.29 bits per heavy atom. The third kappa shape index (κ3) is 3.09. The summed E-state index contributed by atoms with van der Waals surface area (Å²) >= 11 is 0. The van der Waals surface area contributed by atoms with E-state index in [0.29, 0.717) is 22.6 Å². The molecule has 0 bridgehead atoms. The van der Waals surface area contributed by atoms with Crippen LogP contribution in [0.4, 0.5) is 11.4 Å². The number of amides is 1. The van der Waals surface area contributed by atoms with Crippen molar-refractivity contribution < 1.29 is 9.72 Å². The maximum Gasteiger partial charge on any atom is 0.272 e. The second-order valence-electron chi connectivity index (χ2n) is 4.96. The molecule has 1 aromatic carbocycles. The summed E-state index contributed by atoms with van der Waals surface area (Å²) in [4.78, 5) is 30.6. The van der Waals surface area contributed by atoms with Crippen molar-refractivity contribution in [1.29, 1.82) is 0 Å². The second kappa shape index (κ2) is 6.24. The zero-order chi connectivity index (χ0) is 17.1. The van der Waals surface area contributed by atoms with Crippen LogP contribution in [0.5, 0.6) is 0 Å². The molecule has 9 heteroatoms. The predicted molar refractivity (Wildman–Crippen MR) is 84.9 cm³/mol. The number of aromatic nitrogens is 4. The summed E-state index contributed by atoms with van der Waals surface area (Å²) < 4.78 is 1.49. The van der Waals surface area contributed by atoms with Gasteiger partial charge in [0.05, 0.1) is 16.8 Å². The molecule has 2 heterocycles. The normalized spacial score (nSPS) is 10.4. The Kier molecular flexibility index (Phi) is 3.98. The topological polar surface area (TPSA) is 116 Å². The largest absolute Gasteiger partial charge is 0.321 e. The number of hydrogen-bond donors (Lipinski definition) is 1.